The minimum absolute atomic E-state index is 0.0342. The van der Waals surface area contributed by atoms with E-state index in [0.717, 1.165) is 30.3 Å². The van der Waals surface area contributed by atoms with Gasteiger partial charge in [0.1, 0.15) is 17.1 Å². The Kier molecular flexibility index (Phi) is 8.29. The van der Waals surface area contributed by atoms with E-state index in [1.165, 1.54) is 13.8 Å². The monoisotopic (exact) mass is 489 g/mol. The summed E-state index contributed by atoms with van der Waals surface area (Å²) >= 11 is 5.87. The topological polar surface area (TPSA) is 108 Å². The first kappa shape index (κ1) is 25.9. The van der Waals surface area contributed by atoms with Crippen LogP contribution in [0.3, 0.4) is 0 Å². The number of carbonyl (C=O) groups is 1. The van der Waals surface area contributed by atoms with E-state index in [1.54, 1.807) is 6.92 Å². The Labute approximate surface area is 191 Å². The molecule has 0 aromatic heterocycles. The molecule has 1 unspecified atom stereocenters. The minimum Gasteiger partial charge on any atom is -0.460 e. The zero-order valence-electron chi connectivity index (χ0n) is 17.6. The van der Waals surface area contributed by atoms with Crippen molar-refractivity contribution < 1.29 is 42.2 Å². The molecule has 0 aliphatic carbocycles. The fourth-order valence-corrected chi connectivity index (χ4v) is 2.81. The highest BCUT2D eigenvalue weighted by molar-refractivity contribution is 6.32. The van der Waals surface area contributed by atoms with Gasteiger partial charge in [-0.3, -0.25) is 10.1 Å². The number of aliphatic hydroxyl groups excluding tert-OH is 1. The highest BCUT2D eigenvalue weighted by atomic mass is 35.5. The number of carbonyl (C=O) groups excluding carboxylic acids is 1. The van der Waals surface area contributed by atoms with Gasteiger partial charge < -0.3 is 19.3 Å². The first-order valence-electron chi connectivity index (χ1n) is 9.37. The lowest BCUT2D eigenvalue weighted by Crippen LogP contribution is -2.16. The third-order valence-electron chi connectivity index (χ3n) is 4.09. The molecule has 0 saturated carbocycles. The summed E-state index contributed by atoms with van der Waals surface area (Å²) in [5.41, 5.74) is -1.56. The van der Waals surface area contributed by atoms with Crippen molar-refractivity contribution in [1.29, 1.82) is 0 Å². The van der Waals surface area contributed by atoms with Crippen LogP contribution in [-0.4, -0.2) is 22.6 Å². The SMILES string of the molecule is CCOC(=O)C(OC(O)c1cc(Oc2ccc(C(F)(F)F)cc2Cl)ccc1[N+](=O)[O-])=C(C)C. The molecule has 2 rings (SSSR count). The Morgan fingerprint density at radius 2 is 1.88 bits per heavy atom. The molecular weight excluding hydrogens is 471 g/mol. The van der Waals surface area contributed by atoms with Crippen LogP contribution in [0.4, 0.5) is 18.9 Å². The van der Waals surface area contributed by atoms with E-state index in [9.17, 15) is 33.2 Å². The average Bonchev–Trinajstić information content (AvgIpc) is 2.72. The van der Waals surface area contributed by atoms with Gasteiger partial charge in [0.2, 0.25) is 12.0 Å². The molecule has 0 heterocycles. The van der Waals surface area contributed by atoms with E-state index in [1.807, 2.05) is 0 Å². The first-order valence-corrected chi connectivity index (χ1v) is 9.75. The second-order valence-electron chi connectivity index (χ2n) is 6.74. The molecule has 0 aliphatic rings. The van der Waals surface area contributed by atoms with Crippen LogP contribution < -0.4 is 4.74 Å². The number of hydrogen-bond donors (Lipinski definition) is 1. The minimum atomic E-state index is -4.61. The summed E-state index contributed by atoms with van der Waals surface area (Å²) in [5, 5.41) is 21.5. The van der Waals surface area contributed by atoms with Crippen LogP contribution in [0.15, 0.2) is 47.7 Å². The number of alkyl halides is 3. The van der Waals surface area contributed by atoms with Crippen molar-refractivity contribution in [3.63, 3.8) is 0 Å². The van der Waals surface area contributed by atoms with Gasteiger partial charge in [0.05, 0.1) is 22.1 Å². The van der Waals surface area contributed by atoms with Crippen molar-refractivity contribution in [3.8, 4) is 11.5 Å². The number of aliphatic hydroxyl groups is 1. The van der Waals surface area contributed by atoms with E-state index in [2.05, 4.69) is 0 Å². The van der Waals surface area contributed by atoms with Gasteiger partial charge in [-0.2, -0.15) is 13.2 Å². The van der Waals surface area contributed by atoms with Crippen LogP contribution in [0, 0.1) is 10.1 Å². The van der Waals surface area contributed by atoms with Gasteiger partial charge in [0, 0.05) is 6.07 Å². The summed E-state index contributed by atoms with van der Waals surface area (Å²) in [4.78, 5) is 22.7. The van der Waals surface area contributed by atoms with Gasteiger partial charge in [0.25, 0.3) is 5.69 Å². The molecule has 8 nitrogen and oxygen atoms in total. The number of nitro groups is 1. The summed E-state index contributed by atoms with van der Waals surface area (Å²) in [6.07, 6.45) is -6.57. The van der Waals surface area contributed by atoms with Crippen LogP contribution >= 0.6 is 11.6 Å². The predicted octanol–water partition coefficient (Wildman–Crippen LogP) is 5.92. The maximum atomic E-state index is 12.8. The molecule has 1 N–H and O–H groups in total. The normalized spacial score (nSPS) is 12.0. The molecule has 2 aromatic rings. The number of nitrogens with zero attached hydrogens (tertiary/aromatic N) is 1. The van der Waals surface area contributed by atoms with Gasteiger partial charge in [-0.05, 0) is 56.7 Å². The molecule has 0 saturated heterocycles. The van der Waals surface area contributed by atoms with Crippen LogP contribution in [0.25, 0.3) is 0 Å². The van der Waals surface area contributed by atoms with Gasteiger partial charge in [0.15, 0.2) is 0 Å². The molecule has 0 fully saturated rings. The Hall–Kier alpha value is -3.31. The van der Waals surface area contributed by atoms with Crippen molar-refractivity contribution in [2.45, 2.75) is 33.2 Å². The highest BCUT2D eigenvalue weighted by Gasteiger charge is 2.31. The first-order chi connectivity index (χ1) is 15.3. The molecule has 0 bridgehead atoms. The Morgan fingerprint density at radius 1 is 1.21 bits per heavy atom. The third kappa shape index (κ3) is 6.59. The van der Waals surface area contributed by atoms with Gasteiger partial charge in [-0.1, -0.05) is 11.6 Å². The van der Waals surface area contributed by atoms with Crippen LogP contribution in [0.5, 0.6) is 11.5 Å². The zero-order chi connectivity index (χ0) is 24.9. The molecule has 1 atom stereocenters. The number of nitro benzene ring substituents is 1. The molecule has 12 heteroatoms. The van der Waals surface area contributed by atoms with Crippen LogP contribution in [0.1, 0.15) is 38.2 Å². The number of esters is 1. The van der Waals surface area contributed by atoms with Gasteiger partial charge in [-0.25, -0.2) is 4.79 Å². The Bertz CT molecular complexity index is 1080. The number of hydrogen-bond acceptors (Lipinski definition) is 7. The number of benzene rings is 2. The predicted molar refractivity (Wildman–Crippen MR) is 111 cm³/mol. The van der Waals surface area contributed by atoms with E-state index in [-0.39, 0.29) is 34.5 Å². The lowest BCUT2D eigenvalue weighted by molar-refractivity contribution is -0.386. The second kappa shape index (κ2) is 10.5. The van der Waals surface area contributed by atoms with Crippen LogP contribution in [-0.2, 0) is 20.4 Å². The Morgan fingerprint density at radius 3 is 2.39 bits per heavy atom. The fourth-order valence-electron chi connectivity index (χ4n) is 2.59. The zero-order valence-corrected chi connectivity index (χ0v) is 18.4. The van der Waals surface area contributed by atoms with Crippen molar-refractivity contribution >= 4 is 23.3 Å². The van der Waals surface area contributed by atoms with Gasteiger partial charge >= 0.3 is 12.1 Å². The maximum absolute atomic E-state index is 12.8. The standard InChI is InChI=1S/C21H19ClF3NO7/c1-4-31-20(28)18(11(2)3)33-19(27)14-10-13(6-7-16(14)26(29)30)32-17-8-5-12(9-15(17)22)21(23,24)25/h5-10,19,27H,4H2,1-3H3. The molecule has 0 radical (unpaired) electrons. The number of rotatable bonds is 8. The lowest BCUT2D eigenvalue weighted by Gasteiger charge is -2.18. The second-order valence-corrected chi connectivity index (χ2v) is 7.15. The Balaban J connectivity index is 2.39. The maximum Gasteiger partial charge on any atom is 0.416 e. The van der Waals surface area contributed by atoms with Crippen molar-refractivity contribution in [1.82, 2.24) is 0 Å². The number of halogens is 4. The van der Waals surface area contributed by atoms with Crippen molar-refractivity contribution in [2.24, 2.45) is 0 Å². The van der Waals surface area contributed by atoms with E-state index >= 15 is 0 Å². The molecule has 2 aromatic carbocycles. The highest BCUT2D eigenvalue weighted by Crippen LogP contribution is 2.38. The number of ether oxygens (including phenoxy) is 3. The van der Waals surface area contributed by atoms with E-state index in [4.69, 9.17) is 25.8 Å². The van der Waals surface area contributed by atoms with Crippen LogP contribution in [0.2, 0.25) is 5.02 Å². The lowest BCUT2D eigenvalue weighted by atomic mass is 10.1. The van der Waals surface area contributed by atoms with Crippen molar-refractivity contribution in [2.75, 3.05) is 6.61 Å². The molecular formula is C21H19ClF3NO7. The smallest absolute Gasteiger partial charge is 0.416 e. The molecule has 0 aliphatic heterocycles. The molecule has 33 heavy (non-hydrogen) atoms. The largest absolute Gasteiger partial charge is 0.460 e. The quantitative estimate of drug-likeness (QED) is 0.122. The van der Waals surface area contributed by atoms with Crippen molar-refractivity contribution in [3.05, 3.63) is 74.0 Å². The number of allylic oxidation sites excluding steroid dienone is 1. The summed E-state index contributed by atoms with van der Waals surface area (Å²) in [6.45, 7) is 4.63. The van der Waals surface area contributed by atoms with Gasteiger partial charge in [-0.15, -0.1) is 0 Å². The summed E-state index contributed by atoms with van der Waals surface area (Å²) < 4.78 is 54.0. The van der Waals surface area contributed by atoms with E-state index in [0.29, 0.717) is 11.6 Å². The summed E-state index contributed by atoms with van der Waals surface area (Å²) in [5.74, 6) is -1.45. The van der Waals surface area contributed by atoms with E-state index < -0.39 is 34.6 Å². The third-order valence-corrected chi connectivity index (χ3v) is 4.39. The fraction of sp³-hybridized carbons (Fsp3) is 0.286. The molecule has 0 amide bonds. The summed E-state index contributed by atoms with van der Waals surface area (Å²) in [7, 11) is 0. The molecule has 178 valence electrons. The molecule has 0 spiro atoms. The summed E-state index contributed by atoms with van der Waals surface area (Å²) in [6, 6.07) is 5.62. The average molecular weight is 490 g/mol.